The van der Waals surface area contributed by atoms with Gasteiger partial charge in [-0.15, -0.1) is 0 Å². The van der Waals surface area contributed by atoms with E-state index in [-0.39, 0.29) is 0 Å². The van der Waals surface area contributed by atoms with E-state index in [9.17, 15) is 0 Å². The average Bonchev–Trinajstić information content (AvgIpc) is 3.33. The van der Waals surface area contributed by atoms with Gasteiger partial charge in [0.1, 0.15) is 0 Å². The second-order valence-corrected chi connectivity index (χ2v) is 6.42. The lowest BCUT2D eigenvalue weighted by molar-refractivity contribution is 1.12. The van der Waals surface area contributed by atoms with E-state index in [1.54, 1.807) is 18.3 Å². The van der Waals surface area contributed by atoms with Crippen molar-refractivity contribution in [2.24, 2.45) is 0 Å². The van der Waals surface area contributed by atoms with E-state index in [2.05, 4.69) is 15.5 Å². The SMILES string of the molecule is Nc1ccc(Nc2nc(-c3ccc4cn[nH]c4c3)cn3cccc23)cc1N. The van der Waals surface area contributed by atoms with Gasteiger partial charge in [0, 0.05) is 29.0 Å². The molecule has 7 nitrogen and oxygen atoms in total. The standard InChI is InChI=1S/C20H17N7/c21-15-6-5-14(9-16(15)22)24-20-19-2-1-7-27(19)11-18(25-20)12-3-4-13-10-23-26-17(13)8-12/h1-11H,21-22H2,(H,23,26)(H,24,25). The Kier molecular flexibility index (Phi) is 3.26. The third kappa shape index (κ3) is 2.62. The van der Waals surface area contributed by atoms with Crippen molar-refractivity contribution in [2.75, 3.05) is 16.8 Å². The highest BCUT2D eigenvalue weighted by Gasteiger charge is 2.10. The quantitative estimate of drug-likeness (QED) is 0.368. The van der Waals surface area contributed by atoms with Gasteiger partial charge in [-0.25, -0.2) is 4.98 Å². The highest BCUT2D eigenvalue weighted by Crippen LogP contribution is 2.28. The van der Waals surface area contributed by atoms with Gasteiger partial charge in [-0.05, 0) is 36.4 Å². The second kappa shape index (κ2) is 5.77. The molecule has 5 aromatic rings. The van der Waals surface area contributed by atoms with Crippen molar-refractivity contribution in [3.05, 3.63) is 67.1 Å². The smallest absolute Gasteiger partial charge is 0.155 e. The fourth-order valence-electron chi connectivity index (χ4n) is 3.16. The third-order valence-electron chi connectivity index (χ3n) is 4.60. The van der Waals surface area contributed by atoms with Crippen LogP contribution in [0.5, 0.6) is 0 Å². The normalized spacial score (nSPS) is 11.3. The molecule has 0 spiro atoms. The van der Waals surface area contributed by atoms with Gasteiger partial charge in [-0.2, -0.15) is 5.10 Å². The summed E-state index contributed by atoms with van der Waals surface area (Å²) in [4.78, 5) is 4.84. The topological polar surface area (TPSA) is 110 Å². The van der Waals surface area contributed by atoms with Crippen molar-refractivity contribution in [3.8, 4) is 11.3 Å². The van der Waals surface area contributed by atoms with Crippen LogP contribution >= 0.6 is 0 Å². The molecule has 0 saturated heterocycles. The summed E-state index contributed by atoms with van der Waals surface area (Å²) in [6.07, 6.45) is 5.81. The van der Waals surface area contributed by atoms with Crippen molar-refractivity contribution in [2.45, 2.75) is 0 Å². The Morgan fingerprint density at radius 1 is 1.00 bits per heavy atom. The number of aromatic nitrogens is 4. The number of nitrogens with one attached hydrogen (secondary N) is 2. The number of hydrogen-bond acceptors (Lipinski definition) is 5. The zero-order chi connectivity index (χ0) is 18.4. The largest absolute Gasteiger partial charge is 0.397 e. The molecule has 0 saturated carbocycles. The van der Waals surface area contributed by atoms with Crippen LogP contribution in [0.4, 0.5) is 22.9 Å². The minimum atomic E-state index is 0.534. The maximum Gasteiger partial charge on any atom is 0.155 e. The lowest BCUT2D eigenvalue weighted by Gasteiger charge is -2.12. The molecule has 0 unspecified atom stereocenters. The van der Waals surface area contributed by atoms with E-state index in [0.717, 1.165) is 39.2 Å². The second-order valence-electron chi connectivity index (χ2n) is 6.42. The zero-order valence-electron chi connectivity index (χ0n) is 14.3. The van der Waals surface area contributed by atoms with E-state index < -0.39 is 0 Å². The van der Waals surface area contributed by atoms with Crippen LogP contribution in [0.2, 0.25) is 0 Å². The van der Waals surface area contributed by atoms with Crippen LogP contribution < -0.4 is 16.8 Å². The lowest BCUT2D eigenvalue weighted by Crippen LogP contribution is -2.01. The molecule has 5 rings (SSSR count). The number of nitrogens with zero attached hydrogens (tertiary/aromatic N) is 3. The van der Waals surface area contributed by atoms with Crippen LogP contribution in [0.15, 0.2) is 67.1 Å². The fourth-order valence-corrected chi connectivity index (χ4v) is 3.16. The van der Waals surface area contributed by atoms with Crippen molar-refractivity contribution in [1.29, 1.82) is 0 Å². The van der Waals surface area contributed by atoms with Crippen LogP contribution in [0.3, 0.4) is 0 Å². The molecule has 0 aliphatic heterocycles. The average molecular weight is 355 g/mol. The number of H-pyrrole nitrogens is 1. The van der Waals surface area contributed by atoms with Crippen molar-refractivity contribution >= 4 is 39.3 Å². The van der Waals surface area contributed by atoms with E-state index in [1.165, 1.54) is 0 Å². The monoisotopic (exact) mass is 355 g/mol. The summed E-state index contributed by atoms with van der Waals surface area (Å²) < 4.78 is 2.04. The molecule has 0 aliphatic carbocycles. The van der Waals surface area contributed by atoms with E-state index in [1.807, 2.05) is 53.2 Å². The number of benzene rings is 2. The van der Waals surface area contributed by atoms with Crippen molar-refractivity contribution in [1.82, 2.24) is 19.6 Å². The van der Waals surface area contributed by atoms with Crippen molar-refractivity contribution < 1.29 is 0 Å². The molecule has 0 radical (unpaired) electrons. The van der Waals surface area contributed by atoms with Gasteiger partial charge in [0.25, 0.3) is 0 Å². The third-order valence-corrected chi connectivity index (χ3v) is 4.60. The first-order chi connectivity index (χ1) is 13.2. The number of fused-ring (bicyclic) bond motifs is 2. The molecular weight excluding hydrogens is 338 g/mol. The Morgan fingerprint density at radius 2 is 1.93 bits per heavy atom. The highest BCUT2D eigenvalue weighted by molar-refractivity contribution is 5.84. The minimum Gasteiger partial charge on any atom is -0.397 e. The number of nitrogens with two attached hydrogens (primary N) is 2. The Labute approximate surface area is 154 Å². The summed E-state index contributed by atoms with van der Waals surface area (Å²) in [5.41, 5.74) is 17.5. The Hall–Kier alpha value is -4.00. The van der Waals surface area contributed by atoms with Crippen LogP contribution in [0, 0.1) is 0 Å². The lowest BCUT2D eigenvalue weighted by atomic mass is 10.1. The number of nitrogen functional groups attached to an aromatic ring is 2. The molecule has 3 heterocycles. The van der Waals surface area contributed by atoms with Crippen LogP contribution in [-0.4, -0.2) is 19.6 Å². The van der Waals surface area contributed by atoms with Gasteiger partial charge >= 0.3 is 0 Å². The summed E-state index contributed by atoms with van der Waals surface area (Å²) in [6, 6.07) is 15.6. The molecule has 27 heavy (non-hydrogen) atoms. The van der Waals surface area contributed by atoms with Gasteiger partial charge < -0.3 is 21.2 Å². The summed E-state index contributed by atoms with van der Waals surface area (Å²) in [6.45, 7) is 0. The number of anilines is 4. The summed E-state index contributed by atoms with van der Waals surface area (Å²) in [5.74, 6) is 0.742. The van der Waals surface area contributed by atoms with Gasteiger partial charge in [0.05, 0.1) is 34.3 Å². The molecule has 0 atom stereocenters. The zero-order valence-corrected chi connectivity index (χ0v) is 14.3. The first-order valence-electron chi connectivity index (χ1n) is 8.51. The fraction of sp³-hybridized carbons (Fsp3) is 0. The summed E-state index contributed by atoms with van der Waals surface area (Å²) >= 11 is 0. The van der Waals surface area contributed by atoms with Crippen LogP contribution in [0.1, 0.15) is 0 Å². The molecule has 0 bridgehead atoms. The first-order valence-corrected chi connectivity index (χ1v) is 8.51. The Morgan fingerprint density at radius 3 is 2.81 bits per heavy atom. The van der Waals surface area contributed by atoms with Crippen molar-refractivity contribution in [3.63, 3.8) is 0 Å². The van der Waals surface area contributed by atoms with Crippen LogP contribution in [0.25, 0.3) is 27.7 Å². The first kappa shape index (κ1) is 15.3. The number of aromatic amines is 1. The predicted molar refractivity (Wildman–Crippen MR) is 109 cm³/mol. The van der Waals surface area contributed by atoms with Gasteiger partial charge in [-0.1, -0.05) is 12.1 Å². The number of hydrogen-bond donors (Lipinski definition) is 4. The molecule has 132 valence electrons. The Bertz CT molecular complexity index is 1280. The Balaban J connectivity index is 1.63. The van der Waals surface area contributed by atoms with Crippen LogP contribution in [-0.2, 0) is 0 Å². The minimum absolute atomic E-state index is 0.534. The molecule has 0 fully saturated rings. The maximum atomic E-state index is 5.93. The molecule has 3 aromatic heterocycles. The van der Waals surface area contributed by atoms with Gasteiger partial charge in [-0.3, -0.25) is 5.10 Å². The maximum absolute atomic E-state index is 5.93. The number of rotatable bonds is 3. The van der Waals surface area contributed by atoms with E-state index in [4.69, 9.17) is 16.5 Å². The predicted octanol–water partition coefficient (Wildman–Crippen LogP) is 3.79. The summed E-state index contributed by atoms with van der Waals surface area (Å²) in [5, 5.41) is 11.5. The van der Waals surface area contributed by atoms with E-state index >= 15 is 0 Å². The molecule has 0 amide bonds. The highest BCUT2D eigenvalue weighted by atomic mass is 15.1. The van der Waals surface area contributed by atoms with E-state index in [0.29, 0.717) is 11.4 Å². The molecule has 2 aromatic carbocycles. The summed E-state index contributed by atoms with van der Waals surface area (Å²) in [7, 11) is 0. The molecular formula is C20H17N7. The van der Waals surface area contributed by atoms with Gasteiger partial charge in [0.2, 0.25) is 0 Å². The molecule has 7 heteroatoms. The molecule has 0 aliphatic rings. The molecule has 6 N–H and O–H groups in total. The van der Waals surface area contributed by atoms with Gasteiger partial charge in [0.15, 0.2) is 5.82 Å².